The number of hydrogen-bond acceptors (Lipinski definition) is 2. The predicted octanol–water partition coefficient (Wildman–Crippen LogP) is 3.11. The molecular formula is C14H23NO. The van der Waals surface area contributed by atoms with Gasteiger partial charge in [0.2, 0.25) is 0 Å². The van der Waals surface area contributed by atoms with E-state index in [0.717, 1.165) is 6.42 Å². The van der Waals surface area contributed by atoms with E-state index in [9.17, 15) is 0 Å². The van der Waals surface area contributed by atoms with Gasteiger partial charge in [-0.15, -0.1) is 0 Å². The summed E-state index contributed by atoms with van der Waals surface area (Å²) < 4.78 is 5.72. The number of anilines is 1. The molecule has 1 aromatic rings. The second-order valence-electron chi connectivity index (χ2n) is 4.76. The molecule has 1 aromatic carbocycles. The molecule has 0 aliphatic heterocycles. The maximum absolute atomic E-state index is 5.72. The average molecular weight is 221 g/mol. The van der Waals surface area contributed by atoms with Crippen molar-refractivity contribution in [2.45, 2.75) is 39.4 Å². The molecule has 90 valence electrons. The SMILES string of the molecule is CC(C)OC(C)Cc1ccc(N(C)C)cc1. The quantitative estimate of drug-likeness (QED) is 0.757. The third-order valence-corrected chi connectivity index (χ3v) is 2.48. The molecule has 0 bridgehead atoms. The molecule has 0 saturated carbocycles. The van der Waals surface area contributed by atoms with Crippen molar-refractivity contribution in [3.05, 3.63) is 29.8 Å². The lowest BCUT2D eigenvalue weighted by molar-refractivity contribution is 0.0195. The van der Waals surface area contributed by atoms with Gasteiger partial charge in [-0.3, -0.25) is 0 Å². The summed E-state index contributed by atoms with van der Waals surface area (Å²) in [5.41, 5.74) is 2.57. The van der Waals surface area contributed by atoms with E-state index in [4.69, 9.17) is 4.74 Å². The first-order chi connectivity index (χ1) is 7.49. The summed E-state index contributed by atoms with van der Waals surface area (Å²) in [6, 6.07) is 8.65. The summed E-state index contributed by atoms with van der Waals surface area (Å²) in [5, 5.41) is 0. The van der Waals surface area contributed by atoms with Crippen molar-refractivity contribution in [1.29, 1.82) is 0 Å². The van der Waals surface area contributed by atoms with Crippen LogP contribution in [0.3, 0.4) is 0 Å². The zero-order valence-corrected chi connectivity index (χ0v) is 11.0. The van der Waals surface area contributed by atoms with Crippen LogP contribution in [0.25, 0.3) is 0 Å². The maximum Gasteiger partial charge on any atom is 0.0590 e. The Bertz CT molecular complexity index is 303. The van der Waals surface area contributed by atoms with E-state index in [-0.39, 0.29) is 6.10 Å². The van der Waals surface area contributed by atoms with Crippen molar-refractivity contribution in [3.63, 3.8) is 0 Å². The molecular weight excluding hydrogens is 198 g/mol. The molecule has 0 aliphatic carbocycles. The predicted molar refractivity (Wildman–Crippen MR) is 70.2 cm³/mol. The van der Waals surface area contributed by atoms with Gasteiger partial charge in [-0.2, -0.15) is 0 Å². The molecule has 1 atom stereocenters. The standard InChI is InChI=1S/C14H23NO/c1-11(2)16-12(3)10-13-6-8-14(9-7-13)15(4)5/h6-9,11-12H,10H2,1-5H3. The lowest BCUT2D eigenvalue weighted by Gasteiger charge is -2.17. The minimum atomic E-state index is 0.283. The largest absolute Gasteiger partial charge is 0.378 e. The molecule has 0 radical (unpaired) electrons. The monoisotopic (exact) mass is 221 g/mol. The number of benzene rings is 1. The fraction of sp³-hybridized carbons (Fsp3) is 0.571. The molecule has 2 heteroatoms. The van der Waals surface area contributed by atoms with E-state index >= 15 is 0 Å². The Kier molecular flexibility index (Phi) is 4.81. The second-order valence-corrected chi connectivity index (χ2v) is 4.76. The highest BCUT2D eigenvalue weighted by Gasteiger charge is 2.06. The van der Waals surface area contributed by atoms with Gasteiger partial charge in [0.25, 0.3) is 0 Å². The molecule has 1 rings (SSSR count). The average Bonchev–Trinajstić information content (AvgIpc) is 2.16. The Morgan fingerprint density at radius 1 is 1.06 bits per heavy atom. The van der Waals surface area contributed by atoms with Crippen LogP contribution in [-0.4, -0.2) is 26.3 Å². The van der Waals surface area contributed by atoms with E-state index in [2.05, 4.69) is 64.0 Å². The number of rotatable bonds is 5. The van der Waals surface area contributed by atoms with Crippen LogP contribution in [0.1, 0.15) is 26.3 Å². The smallest absolute Gasteiger partial charge is 0.0590 e. The van der Waals surface area contributed by atoms with E-state index < -0.39 is 0 Å². The van der Waals surface area contributed by atoms with E-state index in [1.165, 1.54) is 11.3 Å². The molecule has 16 heavy (non-hydrogen) atoms. The molecule has 2 nitrogen and oxygen atoms in total. The molecule has 0 heterocycles. The lowest BCUT2D eigenvalue weighted by atomic mass is 10.1. The Morgan fingerprint density at radius 2 is 1.62 bits per heavy atom. The summed E-state index contributed by atoms with van der Waals surface area (Å²) in [6.45, 7) is 6.27. The van der Waals surface area contributed by atoms with Gasteiger partial charge in [-0.05, 0) is 44.9 Å². The molecule has 0 spiro atoms. The van der Waals surface area contributed by atoms with Crippen LogP contribution >= 0.6 is 0 Å². The third kappa shape index (κ3) is 4.23. The minimum Gasteiger partial charge on any atom is -0.378 e. The first-order valence-corrected chi connectivity index (χ1v) is 5.90. The second kappa shape index (κ2) is 5.90. The highest BCUT2D eigenvalue weighted by molar-refractivity contribution is 5.46. The van der Waals surface area contributed by atoms with Crippen LogP contribution in [0.2, 0.25) is 0 Å². The fourth-order valence-corrected chi connectivity index (χ4v) is 1.77. The Balaban J connectivity index is 2.55. The lowest BCUT2D eigenvalue weighted by Crippen LogP contribution is -2.16. The summed E-state index contributed by atoms with van der Waals surface area (Å²) in [4.78, 5) is 2.11. The van der Waals surface area contributed by atoms with Crippen molar-refractivity contribution in [2.75, 3.05) is 19.0 Å². The number of hydrogen-bond donors (Lipinski definition) is 0. The molecule has 0 fully saturated rings. The minimum absolute atomic E-state index is 0.283. The molecule has 0 aliphatic rings. The van der Waals surface area contributed by atoms with Crippen molar-refractivity contribution < 1.29 is 4.74 Å². The van der Waals surface area contributed by atoms with Gasteiger partial charge in [0.1, 0.15) is 0 Å². The summed E-state index contributed by atoms with van der Waals surface area (Å²) in [7, 11) is 4.11. The molecule has 0 aromatic heterocycles. The van der Waals surface area contributed by atoms with Crippen molar-refractivity contribution in [2.24, 2.45) is 0 Å². The van der Waals surface area contributed by atoms with Crippen molar-refractivity contribution in [3.8, 4) is 0 Å². The topological polar surface area (TPSA) is 12.5 Å². The van der Waals surface area contributed by atoms with Crippen LogP contribution in [-0.2, 0) is 11.2 Å². The van der Waals surface area contributed by atoms with Gasteiger partial charge < -0.3 is 9.64 Å². The first-order valence-electron chi connectivity index (χ1n) is 5.90. The first kappa shape index (κ1) is 13.0. The number of ether oxygens (including phenoxy) is 1. The van der Waals surface area contributed by atoms with E-state index in [0.29, 0.717) is 6.10 Å². The zero-order chi connectivity index (χ0) is 12.1. The molecule has 0 N–H and O–H groups in total. The van der Waals surface area contributed by atoms with Crippen molar-refractivity contribution in [1.82, 2.24) is 0 Å². The van der Waals surface area contributed by atoms with Gasteiger partial charge in [0, 0.05) is 19.8 Å². The van der Waals surface area contributed by atoms with Crippen LogP contribution in [0.4, 0.5) is 5.69 Å². The fourth-order valence-electron chi connectivity index (χ4n) is 1.77. The van der Waals surface area contributed by atoms with Crippen LogP contribution in [0, 0.1) is 0 Å². The Morgan fingerprint density at radius 3 is 2.06 bits per heavy atom. The maximum atomic E-state index is 5.72. The summed E-state index contributed by atoms with van der Waals surface area (Å²) in [5.74, 6) is 0. The highest BCUT2D eigenvalue weighted by atomic mass is 16.5. The Hall–Kier alpha value is -1.02. The molecule has 1 unspecified atom stereocenters. The van der Waals surface area contributed by atoms with E-state index in [1.807, 2.05) is 0 Å². The molecule has 0 amide bonds. The van der Waals surface area contributed by atoms with Crippen LogP contribution in [0.5, 0.6) is 0 Å². The van der Waals surface area contributed by atoms with Crippen molar-refractivity contribution >= 4 is 5.69 Å². The summed E-state index contributed by atoms with van der Waals surface area (Å²) in [6.07, 6.45) is 1.56. The molecule has 0 saturated heterocycles. The third-order valence-electron chi connectivity index (χ3n) is 2.48. The van der Waals surface area contributed by atoms with Crippen LogP contribution < -0.4 is 4.90 Å². The van der Waals surface area contributed by atoms with Gasteiger partial charge in [0.05, 0.1) is 12.2 Å². The zero-order valence-electron chi connectivity index (χ0n) is 11.0. The van der Waals surface area contributed by atoms with Gasteiger partial charge in [-0.1, -0.05) is 12.1 Å². The Labute approximate surface area is 99.2 Å². The highest BCUT2D eigenvalue weighted by Crippen LogP contribution is 2.14. The summed E-state index contributed by atoms with van der Waals surface area (Å²) >= 11 is 0. The van der Waals surface area contributed by atoms with Crippen LogP contribution in [0.15, 0.2) is 24.3 Å². The van der Waals surface area contributed by atoms with Gasteiger partial charge in [0.15, 0.2) is 0 Å². The van der Waals surface area contributed by atoms with Gasteiger partial charge >= 0.3 is 0 Å². The van der Waals surface area contributed by atoms with E-state index in [1.54, 1.807) is 0 Å². The van der Waals surface area contributed by atoms with Gasteiger partial charge in [-0.25, -0.2) is 0 Å². The number of nitrogens with zero attached hydrogens (tertiary/aromatic N) is 1. The normalized spacial score (nSPS) is 12.9.